The van der Waals surface area contributed by atoms with E-state index in [1.165, 1.54) is 6.42 Å². The first kappa shape index (κ1) is 14.9. The first-order valence-electron chi connectivity index (χ1n) is 7.84. The minimum Gasteiger partial charge on any atom is -0.319 e. The lowest BCUT2D eigenvalue weighted by Crippen LogP contribution is -2.43. The van der Waals surface area contributed by atoms with Gasteiger partial charge in [-0.25, -0.2) is 0 Å². The molecule has 3 unspecified atom stereocenters. The molecule has 1 aromatic rings. The number of rotatable bonds is 2. The SMILES string of the molecule is CC1CC(C)CC(N2C(=O)CNC2c2ccc(Cl)cc2)C1. The van der Waals surface area contributed by atoms with Gasteiger partial charge < -0.3 is 4.90 Å². The number of halogens is 1. The second-order valence-corrected chi connectivity index (χ2v) is 7.14. The fourth-order valence-corrected chi connectivity index (χ4v) is 4.11. The van der Waals surface area contributed by atoms with Gasteiger partial charge in [-0.2, -0.15) is 0 Å². The number of benzene rings is 1. The van der Waals surface area contributed by atoms with Gasteiger partial charge in [0.25, 0.3) is 0 Å². The molecule has 1 N–H and O–H groups in total. The lowest BCUT2D eigenvalue weighted by molar-refractivity contribution is -0.131. The monoisotopic (exact) mass is 306 g/mol. The number of amides is 1. The molecule has 114 valence electrons. The van der Waals surface area contributed by atoms with Crippen molar-refractivity contribution in [2.24, 2.45) is 11.8 Å². The number of carbonyl (C=O) groups excluding carboxylic acids is 1. The maximum atomic E-state index is 12.4. The molecule has 1 aromatic carbocycles. The normalized spacial score (nSPS) is 33.5. The Morgan fingerprint density at radius 3 is 2.33 bits per heavy atom. The van der Waals surface area contributed by atoms with Crippen LogP contribution in [-0.4, -0.2) is 23.4 Å². The number of hydrogen-bond acceptors (Lipinski definition) is 2. The first-order valence-corrected chi connectivity index (χ1v) is 8.22. The molecule has 1 saturated carbocycles. The van der Waals surface area contributed by atoms with Crippen LogP contribution >= 0.6 is 11.6 Å². The van der Waals surface area contributed by atoms with E-state index in [1.54, 1.807) is 0 Å². The fraction of sp³-hybridized carbons (Fsp3) is 0.588. The molecule has 3 atom stereocenters. The minimum absolute atomic E-state index is 0.00253. The Morgan fingerprint density at radius 2 is 1.71 bits per heavy atom. The number of hydrogen-bond donors (Lipinski definition) is 1. The molecule has 1 aliphatic heterocycles. The first-order chi connectivity index (χ1) is 10.0. The van der Waals surface area contributed by atoms with Crippen LogP contribution in [-0.2, 0) is 4.79 Å². The quantitative estimate of drug-likeness (QED) is 0.905. The second-order valence-electron chi connectivity index (χ2n) is 6.71. The summed E-state index contributed by atoms with van der Waals surface area (Å²) >= 11 is 5.97. The van der Waals surface area contributed by atoms with Gasteiger partial charge in [-0.05, 0) is 48.8 Å². The van der Waals surface area contributed by atoms with E-state index in [0.717, 1.165) is 23.4 Å². The summed E-state index contributed by atoms with van der Waals surface area (Å²) in [6, 6.07) is 8.17. The molecule has 4 heteroatoms. The average molecular weight is 307 g/mol. The molecule has 21 heavy (non-hydrogen) atoms. The van der Waals surface area contributed by atoms with Crippen molar-refractivity contribution in [3.63, 3.8) is 0 Å². The smallest absolute Gasteiger partial charge is 0.238 e. The zero-order valence-corrected chi connectivity index (χ0v) is 13.4. The van der Waals surface area contributed by atoms with E-state index in [4.69, 9.17) is 11.6 Å². The van der Waals surface area contributed by atoms with Crippen molar-refractivity contribution in [1.82, 2.24) is 10.2 Å². The second kappa shape index (κ2) is 5.98. The van der Waals surface area contributed by atoms with Gasteiger partial charge in [0, 0.05) is 11.1 Å². The van der Waals surface area contributed by atoms with Gasteiger partial charge in [-0.1, -0.05) is 37.6 Å². The molecule has 0 radical (unpaired) electrons. The molecule has 2 aliphatic rings. The van der Waals surface area contributed by atoms with E-state index >= 15 is 0 Å². The lowest BCUT2D eigenvalue weighted by Gasteiger charge is -2.40. The van der Waals surface area contributed by atoms with E-state index in [1.807, 2.05) is 24.3 Å². The van der Waals surface area contributed by atoms with Gasteiger partial charge >= 0.3 is 0 Å². The molecule has 0 spiro atoms. The van der Waals surface area contributed by atoms with Gasteiger partial charge in [-0.3, -0.25) is 10.1 Å². The molecule has 0 aromatic heterocycles. The van der Waals surface area contributed by atoms with Crippen LogP contribution in [0.3, 0.4) is 0 Å². The van der Waals surface area contributed by atoms with E-state index in [-0.39, 0.29) is 12.1 Å². The average Bonchev–Trinajstić information content (AvgIpc) is 2.80. The third-order valence-corrected chi connectivity index (χ3v) is 5.00. The van der Waals surface area contributed by atoms with Crippen LogP contribution in [0.15, 0.2) is 24.3 Å². The van der Waals surface area contributed by atoms with Gasteiger partial charge in [0.15, 0.2) is 0 Å². The Labute approximate surface area is 131 Å². The van der Waals surface area contributed by atoms with E-state index in [0.29, 0.717) is 24.4 Å². The largest absolute Gasteiger partial charge is 0.319 e. The summed E-state index contributed by atoms with van der Waals surface area (Å²) in [5, 5.41) is 4.08. The van der Waals surface area contributed by atoms with Crippen LogP contribution in [0.1, 0.15) is 44.8 Å². The fourth-order valence-electron chi connectivity index (χ4n) is 3.99. The van der Waals surface area contributed by atoms with Gasteiger partial charge in [0.1, 0.15) is 6.17 Å². The number of nitrogens with zero attached hydrogens (tertiary/aromatic N) is 1. The summed E-state index contributed by atoms with van der Waals surface area (Å²) in [7, 11) is 0. The molecule has 0 bridgehead atoms. The Hall–Kier alpha value is -1.06. The molecular formula is C17H23ClN2O. The summed E-state index contributed by atoms with van der Waals surface area (Å²) in [5.41, 5.74) is 1.12. The Bertz CT molecular complexity index is 506. The van der Waals surface area contributed by atoms with Crippen molar-refractivity contribution < 1.29 is 4.79 Å². The van der Waals surface area contributed by atoms with Crippen molar-refractivity contribution in [2.45, 2.75) is 45.3 Å². The van der Waals surface area contributed by atoms with Crippen LogP contribution in [0, 0.1) is 11.8 Å². The highest BCUT2D eigenvalue weighted by Crippen LogP contribution is 2.36. The van der Waals surface area contributed by atoms with Crippen molar-refractivity contribution in [3.8, 4) is 0 Å². The number of nitrogens with one attached hydrogen (secondary N) is 1. The van der Waals surface area contributed by atoms with Gasteiger partial charge in [0.05, 0.1) is 6.54 Å². The third-order valence-electron chi connectivity index (χ3n) is 4.75. The topological polar surface area (TPSA) is 32.3 Å². The van der Waals surface area contributed by atoms with Crippen molar-refractivity contribution >= 4 is 17.5 Å². The van der Waals surface area contributed by atoms with Gasteiger partial charge in [-0.15, -0.1) is 0 Å². The van der Waals surface area contributed by atoms with Crippen molar-refractivity contribution in [2.75, 3.05) is 6.54 Å². The number of carbonyl (C=O) groups is 1. The summed E-state index contributed by atoms with van der Waals surface area (Å²) in [4.78, 5) is 14.5. The molecular weight excluding hydrogens is 284 g/mol. The Balaban J connectivity index is 1.84. The standard InChI is InChI=1S/C17H23ClN2O/c1-11-7-12(2)9-15(8-11)20-16(21)10-19-17(20)13-3-5-14(18)6-4-13/h3-6,11-12,15,17,19H,7-10H2,1-2H3. The maximum absolute atomic E-state index is 12.4. The predicted octanol–water partition coefficient (Wildman–Crippen LogP) is 3.60. The van der Waals surface area contributed by atoms with E-state index in [2.05, 4.69) is 24.1 Å². The summed E-state index contributed by atoms with van der Waals surface area (Å²) in [6.07, 6.45) is 3.50. The zero-order valence-electron chi connectivity index (χ0n) is 12.7. The molecule has 1 heterocycles. The van der Waals surface area contributed by atoms with Crippen LogP contribution in [0.5, 0.6) is 0 Å². The minimum atomic E-state index is -0.00253. The molecule has 1 aliphatic carbocycles. The summed E-state index contributed by atoms with van der Waals surface area (Å²) in [5.74, 6) is 1.61. The van der Waals surface area contributed by atoms with E-state index in [9.17, 15) is 4.79 Å². The van der Waals surface area contributed by atoms with Crippen molar-refractivity contribution in [3.05, 3.63) is 34.9 Å². The molecule has 1 amide bonds. The predicted molar refractivity (Wildman–Crippen MR) is 85.0 cm³/mol. The Morgan fingerprint density at radius 1 is 1.10 bits per heavy atom. The third kappa shape index (κ3) is 3.09. The van der Waals surface area contributed by atoms with Crippen LogP contribution in [0.25, 0.3) is 0 Å². The summed E-state index contributed by atoms with van der Waals surface area (Å²) in [6.45, 7) is 5.04. The molecule has 3 rings (SSSR count). The Kier molecular flexibility index (Phi) is 4.23. The molecule has 3 nitrogen and oxygen atoms in total. The maximum Gasteiger partial charge on any atom is 0.238 e. The van der Waals surface area contributed by atoms with Crippen LogP contribution < -0.4 is 5.32 Å². The van der Waals surface area contributed by atoms with E-state index < -0.39 is 0 Å². The molecule has 1 saturated heterocycles. The molecule has 2 fully saturated rings. The van der Waals surface area contributed by atoms with Crippen LogP contribution in [0.2, 0.25) is 5.02 Å². The van der Waals surface area contributed by atoms with Crippen LogP contribution in [0.4, 0.5) is 0 Å². The summed E-state index contributed by atoms with van der Waals surface area (Å²) < 4.78 is 0. The van der Waals surface area contributed by atoms with Crippen molar-refractivity contribution in [1.29, 1.82) is 0 Å². The lowest BCUT2D eigenvalue weighted by atomic mass is 9.79. The zero-order chi connectivity index (χ0) is 15.0. The highest BCUT2D eigenvalue weighted by atomic mass is 35.5. The highest BCUT2D eigenvalue weighted by molar-refractivity contribution is 6.30. The van der Waals surface area contributed by atoms with Gasteiger partial charge in [0.2, 0.25) is 5.91 Å². The highest BCUT2D eigenvalue weighted by Gasteiger charge is 2.39.